The third kappa shape index (κ3) is 2.92. The Kier molecular flexibility index (Phi) is 3.91. The van der Waals surface area contributed by atoms with Crippen molar-refractivity contribution in [2.24, 2.45) is 0 Å². The summed E-state index contributed by atoms with van der Waals surface area (Å²) in [5.41, 5.74) is 1.70. The number of rotatable bonds is 4. The highest BCUT2D eigenvalue weighted by atomic mass is 35.5. The van der Waals surface area contributed by atoms with Crippen LogP contribution in [0.25, 0.3) is 0 Å². The number of benzene rings is 1. The lowest BCUT2D eigenvalue weighted by Crippen LogP contribution is -2.07. The highest BCUT2D eigenvalue weighted by Crippen LogP contribution is 2.40. The number of anilines is 3. The summed E-state index contributed by atoms with van der Waals surface area (Å²) in [6.07, 6.45) is 2.31. The predicted octanol–water partition coefficient (Wildman–Crippen LogP) is 4.75. The maximum atomic E-state index is 6.23. The Morgan fingerprint density at radius 2 is 1.86 bits per heavy atom. The summed E-state index contributed by atoms with van der Waals surface area (Å²) in [5.74, 6) is 2.96. The minimum absolute atomic E-state index is 0.480. The Morgan fingerprint density at radius 1 is 1.14 bits per heavy atom. The van der Waals surface area contributed by atoms with Crippen LogP contribution in [-0.4, -0.2) is 17.0 Å². The van der Waals surface area contributed by atoms with E-state index in [4.69, 9.17) is 23.2 Å². The molecule has 1 aliphatic rings. The highest BCUT2D eigenvalue weighted by Gasteiger charge is 2.28. The van der Waals surface area contributed by atoms with Gasteiger partial charge in [-0.25, -0.2) is 9.97 Å². The molecular weight excluding hydrogens is 307 g/mol. The summed E-state index contributed by atoms with van der Waals surface area (Å²) in [6.45, 7) is 1.98. The van der Waals surface area contributed by atoms with Gasteiger partial charge in [-0.1, -0.05) is 29.3 Å². The van der Waals surface area contributed by atoms with E-state index in [-0.39, 0.29) is 0 Å². The number of hydrogen-bond acceptors (Lipinski definition) is 4. The molecule has 0 spiro atoms. The fourth-order valence-corrected chi connectivity index (χ4v) is 2.50. The van der Waals surface area contributed by atoms with Gasteiger partial charge in [-0.3, -0.25) is 0 Å². The van der Waals surface area contributed by atoms with Crippen LogP contribution in [0.1, 0.15) is 30.1 Å². The zero-order valence-electron chi connectivity index (χ0n) is 11.9. The standard InChI is InChI=1S/C15H16Cl2N4/c1-8-13(18-2)20-15(9-6-7-9)21-14(8)19-11-5-3-4-10(16)12(11)17/h3-5,9H,6-7H2,1-2H3,(H2,18,19,20,21). The summed E-state index contributed by atoms with van der Waals surface area (Å²) < 4.78 is 0. The molecule has 1 aliphatic carbocycles. The lowest BCUT2D eigenvalue weighted by Gasteiger charge is -2.14. The van der Waals surface area contributed by atoms with Gasteiger partial charge in [0, 0.05) is 18.5 Å². The van der Waals surface area contributed by atoms with E-state index in [2.05, 4.69) is 20.6 Å². The molecule has 6 heteroatoms. The zero-order valence-corrected chi connectivity index (χ0v) is 13.4. The van der Waals surface area contributed by atoms with Crippen molar-refractivity contribution in [3.63, 3.8) is 0 Å². The van der Waals surface area contributed by atoms with E-state index in [9.17, 15) is 0 Å². The Balaban J connectivity index is 2.01. The predicted molar refractivity (Wildman–Crippen MR) is 88.0 cm³/mol. The van der Waals surface area contributed by atoms with Gasteiger partial charge in [-0.05, 0) is 31.9 Å². The van der Waals surface area contributed by atoms with Crippen LogP contribution < -0.4 is 10.6 Å². The molecule has 0 bridgehead atoms. The number of hydrogen-bond donors (Lipinski definition) is 2. The molecule has 110 valence electrons. The first-order chi connectivity index (χ1) is 10.1. The van der Waals surface area contributed by atoms with Crippen molar-refractivity contribution in [3.8, 4) is 0 Å². The number of nitrogens with zero attached hydrogens (tertiary/aromatic N) is 2. The van der Waals surface area contributed by atoms with Crippen molar-refractivity contribution in [1.29, 1.82) is 0 Å². The normalized spacial score (nSPS) is 14.1. The largest absolute Gasteiger partial charge is 0.373 e. The number of halogens is 2. The van der Waals surface area contributed by atoms with E-state index < -0.39 is 0 Å². The molecule has 0 radical (unpaired) electrons. The molecule has 1 aromatic heterocycles. The minimum Gasteiger partial charge on any atom is -0.373 e. The fourth-order valence-electron chi connectivity index (χ4n) is 2.15. The molecule has 3 rings (SSSR count). The maximum Gasteiger partial charge on any atom is 0.139 e. The summed E-state index contributed by atoms with van der Waals surface area (Å²) in [5, 5.41) is 7.41. The van der Waals surface area contributed by atoms with E-state index in [1.807, 2.05) is 26.1 Å². The SMILES string of the molecule is CNc1nc(C2CC2)nc(Nc2cccc(Cl)c2Cl)c1C. The summed E-state index contributed by atoms with van der Waals surface area (Å²) in [7, 11) is 1.86. The van der Waals surface area contributed by atoms with Crippen molar-refractivity contribution in [1.82, 2.24) is 9.97 Å². The Labute approximate surface area is 133 Å². The van der Waals surface area contributed by atoms with Gasteiger partial charge in [-0.2, -0.15) is 0 Å². The van der Waals surface area contributed by atoms with Crippen molar-refractivity contribution >= 4 is 40.5 Å². The summed E-state index contributed by atoms with van der Waals surface area (Å²) >= 11 is 12.3. The van der Waals surface area contributed by atoms with Gasteiger partial charge in [0.1, 0.15) is 17.5 Å². The molecule has 0 aliphatic heterocycles. The molecule has 4 nitrogen and oxygen atoms in total. The van der Waals surface area contributed by atoms with Crippen LogP contribution >= 0.6 is 23.2 Å². The second kappa shape index (κ2) is 5.70. The van der Waals surface area contributed by atoms with Crippen LogP contribution in [0.2, 0.25) is 10.0 Å². The van der Waals surface area contributed by atoms with Gasteiger partial charge >= 0.3 is 0 Å². The quantitative estimate of drug-likeness (QED) is 0.852. The molecule has 1 saturated carbocycles. The Morgan fingerprint density at radius 3 is 2.52 bits per heavy atom. The average Bonchev–Trinajstić information content (AvgIpc) is 3.30. The topological polar surface area (TPSA) is 49.8 Å². The molecule has 0 saturated heterocycles. The van der Waals surface area contributed by atoms with Crippen LogP contribution in [0.5, 0.6) is 0 Å². The molecule has 1 fully saturated rings. The van der Waals surface area contributed by atoms with Crippen LogP contribution in [0, 0.1) is 6.92 Å². The molecule has 2 N–H and O–H groups in total. The average molecular weight is 323 g/mol. The third-order valence-electron chi connectivity index (χ3n) is 3.55. The monoisotopic (exact) mass is 322 g/mol. The van der Waals surface area contributed by atoms with E-state index >= 15 is 0 Å². The van der Waals surface area contributed by atoms with E-state index in [0.717, 1.165) is 41.6 Å². The lowest BCUT2D eigenvalue weighted by atomic mass is 10.2. The minimum atomic E-state index is 0.480. The third-order valence-corrected chi connectivity index (χ3v) is 4.37. The van der Waals surface area contributed by atoms with Crippen LogP contribution in [0.15, 0.2) is 18.2 Å². The molecule has 0 atom stereocenters. The maximum absolute atomic E-state index is 6.23. The second-order valence-electron chi connectivity index (χ2n) is 5.15. The van der Waals surface area contributed by atoms with Gasteiger partial charge in [0.05, 0.1) is 15.7 Å². The number of aromatic nitrogens is 2. The summed E-state index contributed by atoms with van der Waals surface area (Å²) in [6, 6.07) is 5.50. The number of nitrogens with one attached hydrogen (secondary N) is 2. The molecule has 2 aromatic rings. The van der Waals surface area contributed by atoms with Crippen molar-refractivity contribution in [2.75, 3.05) is 17.7 Å². The second-order valence-corrected chi connectivity index (χ2v) is 5.94. The van der Waals surface area contributed by atoms with Crippen LogP contribution in [0.4, 0.5) is 17.3 Å². The molecule has 1 heterocycles. The van der Waals surface area contributed by atoms with E-state index in [1.165, 1.54) is 0 Å². The first kappa shape index (κ1) is 14.4. The van der Waals surface area contributed by atoms with Crippen LogP contribution in [0.3, 0.4) is 0 Å². The first-order valence-electron chi connectivity index (χ1n) is 6.87. The summed E-state index contributed by atoms with van der Waals surface area (Å²) in [4.78, 5) is 9.22. The molecule has 1 aromatic carbocycles. The Hall–Kier alpha value is -1.52. The molecule has 0 amide bonds. The molecule has 21 heavy (non-hydrogen) atoms. The van der Waals surface area contributed by atoms with Crippen molar-refractivity contribution in [3.05, 3.63) is 39.6 Å². The Bertz CT molecular complexity index is 684. The first-order valence-corrected chi connectivity index (χ1v) is 7.63. The van der Waals surface area contributed by atoms with Gasteiger partial charge in [0.2, 0.25) is 0 Å². The van der Waals surface area contributed by atoms with E-state index in [0.29, 0.717) is 16.0 Å². The lowest BCUT2D eigenvalue weighted by molar-refractivity contribution is 0.924. The fraction of sp³-hybridized carbons (Fsp3) is 0.333. The molecule has 0 unspecified atom stereocenters. The zero-order chi connectivity index (χ0) is 15.0. The van der Waals surface area contributed by atoms with Gasteiger partial charge in [-0.15, -0.1) is 0 Å². The molecular formula is C15H16Cl2N4. The van der Waals surface area contributed by atoms with Crippen LogP contribution in [-0.2, 0) is 0 Å². The van der Waals surface area contributed by atoms with Gasteiger partial charge in [0.25, 0.3) is 0 Å². The van der Waals surface area contributed by atoms with E-state index in [1.54, 1.807) is 6.07 Å². The van der Waals surface area contributed by atoms with Crippen molar-refractivity contribution in [2.45, 2.75) is 25.7 Å². The van der Waals surface area contributed by atoms with Gasteiger partial charge in [0.15, 0.2) is 0 Å². The highest BCUT2D eigenvalue weighted by molar-refractivity contribution is 6.43. The van der Waals surface area contributed by atoms with Crippen molar-refractivity contribution < 1.29 is 0 Å². The smallest absolute Gasteiger partial charge is 0.139 e. The van der Waals surface area contributed by atoms with Gasteiger partial charge < -0.3 is 10.6 Å².